The summed E-state index contributed by atoms with van der Waals surface area (Å²) in [6, 6.07) is 2.85. The van der Waals surface area contributed by atoms with Gasteiger partial charge in [0.1, 0.15) is 0 Å². The lowest BCUT2D eigenvalue weighted by atomic mass is 10.0. The summed E-state index contributed by atoms with van der Waals surface area (Å²) in [5.41, 5.74) is -1.99. The first kappa shape index (κ1) is 18.6. The van der Waals surface area contributed by atoms with Gasteiger partial charge in [0.25, 0.3) is 5.69 Å². The molecule has 9 heteroatoms. The van der Waals surface area contributed by atoms with E-state index in [4.69, 9.17) is 0 Å². The lowest BCUT2D eigenvalue weighted by Crippen LogP contribution is -2.31. The summed E-state index contributed by atoms with van der Waals surface area (Å²) < 4.78 is 39.6. The quantitative estimate of drug-likeness (QED) is 0.576. The Hall–Kier alpha value is -1.77. The molecule has 0 spiro atoms. The molecule has 0 bridgehead atoms. The average Bonchev–Trinajstić information content (AvgIpc) is 2.78. The van der Waals surface area contributed by atoms with E-state index >= 15 is 0 Å². The smallest absolute Gasteiger partial charge is 0.350 e. The van der Waals surface area contributed by atoms with Crippen molar-refractivity contribution in [3.63, 3.8) is 0 Å². The SMILES string of the molecule is CC(C)C[C@H]1CSC(=Nc2ccc([N+](=O)[O-])cc2C(F)(F)F)N1C. The minimum Gasteiger partial charge on any atom is -0.350 e. The molecule has 0 unspecified atom stereocenters. The van der Waals surface area contributed by atoms with Crippen molar-refractivity contribution in [3.8, 4) is 0 Å². The Balaban J connectivity index is 2.37. The third-order valence-electron chi connectivity index (χ3n) is 3.71. The van der Waals surface area contributed by atoms with Gasteiger partial charge in [-0.3, -0.25) is 10.1 Å². The Labute approximate surface area is 142 Å². The molecule has 5 nitrogen and oxygen atoms in total. The zero-order valence-corrected chi connectivity index (χ0v) is 14.3. The Morgan fingerprint density at radius 2 is 2.12 bits per heavy atom. The van der Waals surface area contributed by atoms with Crippen LogP contribution in [-0.2, 0) is 6.18 Å². The van der Waals surface area contributed by atoms with Gasteiger partial charge >= 0.3 is 6.18 Å². The molecule has 0 amide bonds. The largest absolute Gasteiger partial charge is 0.418 e. The molecule has 1 aromatic rings. The van der Waals surface area contributed by atoms with Crippen molar-refractivity contribution in [2.24, 2.45) is 10.9 Å². The predicted octanol–water partition coefficient (Wildman–Crippen LogP) is 4.69. The van der Waals surface area contributed by atoms with E-state index in [2.05, 4.69) is 18.8 Å². The lowest BCUT2D eigenvalue weighted by Gasteiger charge is -2.22. The topological polar surface area (TPSA) is 58.7 Å². The molecule has 1 heterocycles. The number of benzene rings is 1. The van der Waals surface area contributed by atoms with Crippen LogP contribution in [0.2, 0.25) is 0 Å². The maximum Gasteiger partial charge on any atom is 0.418 e. The number of amidine groups is 1. The van der Waals surface area contributed by atoms with Crippen LogP contribution >= 0.6 is 11.8 Å². The Morgan fingerprint density at radius 1 is 1.46 bits per heavy atom. The summed E-state index contributed by atoms with van der Waals surface area (Å²) in [6.07, 6.45) is -3.78. The van der Waals surface area contributed by atoms with Gasteiger partial charge in [0.15, 0.2) is 5.17 Å². The predicted molar refractivity (Wildman–Crippen MR) is 88.7 cm³/mol. The van der Waals surface area contributed by atoms with Gasteiger partial charge in [-0.25, -0.2) is 4.99 Å². The van der Waals surface area contributed by atoms with E-state index in [0.717, 1.165) is 24.3 Å². The molecule has 0 saturated carbocycles. The summed E-state index contributed by atoms with van der Waals surface area (Å²) in [5.74, 6) is 1.24. The molecule has 0 aliphatic carbocycles. The Bertz CT molecular complexity index is 662. The van der Waals surface area contributed by atoms with Gasteiger partial charge in [-0.1, -0.05) is 25.6 Å². The Kier molecular flexibility index (Phi) is 5.42. The highest BCUT2D eigenvalue weighted by Gasteiger charge is 2.36. The molecule has 1 aliphatic rings. The van der Waals surface area contributed by atoms with Crippen molar-refractivity contribution in [2.45, 2.75) is 32.5 Å². The van der Waals surface area contributed by atoms with Crippen LogP contribution in [0.3, 0.4) is 0 Å². The number of nitro groups is 1. The molecule has 1 saturated heterocycles. The number of hydrogen-bond acceptors (Lipinski definition) is 4. The van der Waals surface area contributed by atoms with Crippen molar-refractivity contribution in [1.29, 1.82) is 0 Å². The van der Waals surface area contributed by atoms with Crippen LogP contribution in [0.5, 0.6) is 0 Å². The number of hydrogen-bond donors (Lipinski definition) is 0. The third kappa shape index (κ3) is 4.19. The number of nitro benzene ring substituents is 1. The molecular formula is C15H18F3N3O2S. The molecule has 2 rings (SSSR count). The maximum atomic E-state index is 13.2. The summed E-state index contributed by atoms with van der Waals surface area (Å²) in [5, 5.41) is 11.2. The zero-order valence-electron chi connectivity index (χ0n) is 13.5. The molecule has 0 N–H and O–H groups in total. The van der Waals surface area contributed by atoms with E-state index in [1.807, 2.05) is 11.9 Å². The van der Waals surface area contributed by atoms with E-state index < -0.39 is 22.4 Å². The van der Waals surface area contributed by atoms with Crippen LogP contribution in [0.4, 0.5) is 24.5 Å². The van der Waals surface area contributed by atoms with Gasteiger partial charge in [0.05, 0.1) is 16.2 Å². The summed E-state index contributed by atoms with van der Waals surface area (Å²) >= 11 is 1.40. The second kappa shape index (κ2) is 7.00. The number of thioether (sulfide) groups is 1. The number of non-ortho nitro benzene ring substituents is 1. The van der Waals surface area contributed by atoms with Gasteiger partial charge in [0, 0.05) is 31.0 Å². The van der Waals surface area contributed by atoms with Crippen LogP contribution in [0.1, 0.15) is 25.8 Å². The molecule has 1 aliphatic heterocycles. The second-order valence-corrected chi connectivity index (χ2v) is 7.04. The normalized spacial score (nSPS) is 20.2. The third-order valence-corrected chi connectivity index (χ3v) is 4.90. The highest BCUT2D eigenvalue weighted by atomic mass is 32.2. The molecule has 24 heavy (non-hydrogen) atoms. The minimum atomic E-state index is -4.70. The van der Waals surface area contributed by atoms with Gasteiger partial charge in [-0.05, 0) is 18.4 Å². The first-order valence-corrected chi connectivity index (χ1v) is 8.38. The fourth-order valence-corrected chi connectivity index (χ4v) is 3.70. The fraction of sp³-hybridized carbons (Fsp3) is 0.533. The van der Waals surface area contributed by atoms with Gasteiger partial charge in [0.2, 0.25) is 0 Å². The molecule has 1 aromatic carbocycles. The van der Waals surface area contributed by atoms with E-state index in [1.165, 1.54) is 11.8 Å². The molecule has 0 aromatic heterocycles. The van der Waals surface area contributed by atoms with Gasteiger partial charge in [-0.2, -0.15) is 13.2 Å². The number of nitrogens with zero attached hydrogens (tertiary/aromatic N) is 3. The van der Waals surface area contributed by atoms with Crippen LogP contribution in [-0.4, -0.2) is 33.8 Å². The van der Waals surface area contributed by atoms with E-state index in [0.29, 0.717) is 17.2 Å². The van der Waals surface area contributed by atoms with Crippen LogP contribution in [0.15, 0.2) is 23.2 Å². The Morgan fingerprint density at radius 3 is 2.67 bits per heavy atom. The number of alkyl halides is 3. The number of halogens is 3. The fourth-order valence-electron chi connectivity index (χ4n) is 2.49. The monoisotopic (exact) mass is 361 g/mol. The second-order valence-electron chi connectivity index (χ2n) is 6.06. The highest BCUT2D eigenvalue weighted by molar-refractivity contribution is 8.14. The van der Waals surface area contributed by atoms with Crippen LogP contribution in [0, 0.1) is 16.0 Å². The number of rotatable bonds is 4. The van der Waals surface area contributed by atoms with Gasteiger partial charge in [-0.15, -0.1) is 0 Å². The van der Waals surface area contributed by atoms with Crippen molar-refractivity contribution in [3.05, 3.63) is 33.9 Å². The molecule has 0 radical (unpaired) electrons. The highest BCUT2D eigenvalue weighted by Crippen LogP contribution is 2.39. The summed E-state index contributed by atoms with van der Waals surface area (Å²) in [4.78, 5) is 15.9. The average molecular weight is 361 g/mol. The molecular weight excluding hydrogens is 343 g/mol. The minimum absolute atomic E-state index is 0.223. The van der Waals surface area contributed by atoms with Crippen molar-refractivity contribution >= 4 is 28.3 Å². The van der Waals surface area contributed by atoms with E-state index in [9.17, 15) is 23.3 Å². The van der Waals surface area contributed by atoms with Crippen LogP contribution < -0.4 is 0 Å². The summed E-state index contributed by atoms with van der Waals surface area (Å²) in [7, 11) is 1.81. The standard InChI is InChI=1S/C15H18F3N3O2S/c1-9(2)6-11-8-24-14(20(11)3)19-13-5-4-10(21(22)23)7-12(13)15(16,17)18/h4-5,7,9,11H,6,8H2,1-3H3/t11-/m0/s1. The van der Waals surface area contributed by atoms with Crippen molar-refractivity contribution in [2.75, 3.05) is 12.8 Å². The van der Waals surface area contributed by atoms with Crippen molar-refractivity contribution < 1.29 is 18.1 Å². The molecule has 1 fully saturated rings. The number of aliphatic imine (C=N–C) groups is 1. The van der Waals surface area contributed by atoms with Crippen LogP contribution in [0.25, 0.3) is 0 Å². The first-order valence-electron chi connectivity index (χ1n) is 7.39. The molecule has 132 valence electrons. The van der Waals surface area contributed by atoms with Crippen molar-refractivity contribution in [1.82, 2.24) is 4.90 Å². The zero-order chi connectivity index (χ0) is 18.1. The lowest BCUT2D eigenvalue weighted by molar-refractivity contribution is -0.385. The maximum absolute atomic E-state index is 13.2. The molecule has 1 atom stereocenters. The summed E-state index contributed by atoms with van der Waals surface area (Å²) in [6.45, 7) is 4.18. The van der Waals surface area contributed by atoms with E-state index in [-0.39, 0.29) is 11.7 Å². The van der Waals surface area contributed by atoms with E-state index in [1.54, 1.807) is 0 Å². The first-order chi connectivity index (χ1) is 11.1. The van der Waals surface area contributed by atoms with Gasteiger partial charge < -0.3 is 4.90 Å².